The molecular weight excluding hydrogens is 434 g/mol. The lowest BCUT2D eigenvalue weighted by molar-refractivity contribution is -0.130. The number of ketones is 1. The molecule has 0 aromatic heterocycles. The van der Waals surface area contributed by atoms with E-state index in [0.29, 0.717) is 34.9 Å². The molecule has 0 bridgehead atoms. The molecule has 1 saturated heterocycles. The topological polar surface area (TPSA) is 38.8 Å². The van der Waals surface area contributed by atoms with Crippen LogP contribution in [0.4, 0.5) is 5.69 Å². The van der Waals surface area contributed by atoms with Gasteiger partial charge in [-0.1, -0.05) is 34.1 Å². The Morgan fingerprint density at radius 1 is 1.26 bits per heavy atom. The van der Waals surface area contributed by atoms with Crippen LogP contribution in [0.5, 0.6) is 5.75 Å². The number of anilines is 1. The van der Waals surface area contributed by atoms with Gasteiger partial charge in [-0.05, 0) is 97.8 Å². The van der Waals surface area contributed by atoms with Gasteiger partial charge in [0.05, 0.1) is 25.5 Å². The molecule has 5 rings (SSSR count). The fraction of sp³-hybridized carbons (Fsp3) is 0.774. The highest BCUT2D eigenvalue weighted by Crippen LogP contribution is 2.62. The molecule has 1 aromatic rings. The molecule has 1 heterocycles. The largest absolute Gasteiger partial charge is 0.495 e. The zero-order valence-corrected chi connectivity index (χ0v) is 23.0. The van der Waals surface area contributed by atoms with Gasteiger partial charge in [0, 0.05) is 24.9 Å². The average Bonchev–Trinajstić information content (AvgIpc) is 3.15. The molecule has 35 heavy (non-hydrogen) atoms. The maximum atomic E-state index is 13.0. The first-order chi connectivity index (χ1) is 16.7. The number of hydrogen-bond acceptors (Lipinski definition) is 4. The Hall–Kier alpha value is -1.55. The van der Waals surface area contributed by atoms with Crippen LogP contribution in [0.1, 0.15) is 96.6 Å². The summed E-state index contributed by atoms with van der Waals surface area (Å²) in [6.45, 7) is 14.2. The molecule has 1 aromatic carbocycles. The van der Waals surface area contributed by atoms with Crippen molar-refractivity contribution >= 4 is 11.5 Å². The van der Waals surface area contributed by atoms with Crippen molar-refractivity contribution in [2.45, 2.75) is 98.0 Å². The quantitative estimate of drug-likeness (QED) is 0.448. The lowest BCUT2D eigenvalue weighted by atomic mass is 9.52. The fourth-order valence-corrected chi connectivity index (χ4v) is 8.05. The van der Waals surface area contributed by atoms with Crippen LogP contribution in [-0.4, -0.2) is 38.7 Å². The SMILES string of the molecule is CCC(C)(C)CCC1Cc2cc(N3CCOC(C)C3)c(OC)cc2C2CCC3(C)C(=O)CCC3C12. The number of carbonyl (C=O) groups excluding carboxylic acids is 1. The van der Waals surface area contributed by atoms with E-state index in [1.54, 1.807) is 0 Å². The Bertz CT molecular complexity index is 955. The standard InChI is InChI=1S/C31H47NO3/c1-7-30(3,4)12-10-21-16-22-17-26(32-14-15-35-20(2)19-32)27(34-6)18-24(22)23-11-13-31(5)25(29(21)23)8-9-28(31)33/h17-18,20-21,23,25,29H,7-16,19H2,1-6H3. The number of rotatable bonds is 6. The second kappa shape index (κ2) is 9.39. The maximum Gasteiger partial charge on any atom is 0.142 e. The molecule has 3 aliphatic carbocycles. The second-order valence-corrected chi connectivity index (χ2v) is 13.1. The molecule has 2 saturated carbocycles. The van der Waals surface area contributed by atoms with Crippen molar-refractivity contribution in [3.63, 3.8) is 0 Å². The van der Waals surface area contributed by atoms with Crippen LogP contribution in [0.3, 0.4) is 0 Å². The minimum atomic E-state index is -0.0921. The molecule has 4 nitrogen and oxygen atoms in total. The highest BCUT2D eigenvalue weighted by molar-refractivity contribution is 5.87. The van der Waals surface area contributed by atoms with Gasteiger partial charge in [-0.2, -0.15) is 0 Å². The number of hydrogen-bond donors (Lipinski definition) is 0. The third kappa shape index (κ3) is 4.43. The van der Waals surface area contributed by atoms with Crippen LogP contribution in [0.25, 0.3) is 0 Å². The second-order valence-electron chi connectivity index (χ2n) is 13.1. The number of ether oxygens (including phenoxy) is 2. The van der Waals surface area contributed by atoms with E-state index in [1.807, 2.05) is 7.11 Å². The number of Topliss-reactive ketones (excluding diaryl/α,β-unsaturated/α-hetero) is 1. The van der Waals surface area contributed by atoms with Crippen LogP contribution in [0.2, 0.25) is 0 Å². The normalized spacial score (nSPS) is 34.9. The molecular formula is C31H47NO3. The molecule has 0 amide bonds. The maximum absolute atomic E-state index is 13.0. The van der Waals surface area contributed by atoms with Crippen LogP contribution in [0.15, 0.2) is 12.1 Å². The molecule has 0 spiro atoms. The molecule has 3 fully saturated rings. The fourth-order valence-electron chi connectivity index (χ4n) is 8.05. The summed E-state index contributed by atoms with van der Waals surface area (Å²) >= 11 is 0. The summed E-state index contributed by atoms with van der Waals surface area (Å²) in [5.41, 5.74) is 4.58. The van der Waals surface area contributed by atoms with Crippen LogP contribution >= 0.6 is 0 Å². The summed E-state index contributed by atoms with van der Waals surface area (Å²) in [5, 5.41) is 0. The zero-order chi connectivity index (χ0) is 25.0. The van der Waals surface area contributed by atoms with Crippen LogP contribution < -0.4 is 9.64 Å². The minimum absolute atomic E-state index is 0.0921. The molecule has 194 valence electrons. The summed E-state index contributed by atoms with van der Waals surface area (Å²) in [6, 6.07) is 4.85. The predicted molar refractivity (Wildman–Crippen MR) is 142 cm³/mol. The summed E-state index contributed by atoms with van der Waals surface area (Å²) in [7, 11) is 1.82. The van der Waals surface area contributed by atoms with Crippen LogP contribution in [0, 0.1) is 28.6 Å². The third-order valence-corrected chi connectivity index (χ3v) is 10.6. The van der Waals surface area contributed by atoms with Gasteiger partial charge in [0.1, 0.15) is 11.5 Å². The summed E-state index contributed by atoms with van der Waals surface area (Å²) < 4.78 is 11.8. The molecule has 0 N–H and O–H groups in total. The number of fused-ring (bicyclic) bond motifs is 5. The van der Waals surface area contributed by atoms with E-state index in [0.717, 1.165) is 57.6 Å². The van der Waals surface area contributed by atoms with Crippen LogP contribution in [-0.2, 0) is 16.0 Å². The summed E-state index contributed by atoms with van der Waals surface area (Å²) in [5.74, 6) is 3.94. The molecule has 4 heteroatoms. The smallest absolute Gasteiger partial charge is 0.142 e. The van der Waals surface area contributed by atoms with Gasteiger partial charge < -0.3 is 14.4 Å². The van der Waals surface area contributed by atoms with E-state index in [1.165, 1.54) is 36.1 Å². The van der Waals surface area contributed by atoms with Crippen molar-refractivity contribution in [2.24, 2.45) is 28.6 Å². The van der Waals surface area contributed by atoms with Crippen molar-refractivity contribution < 1.29 is 14.3 Å². The Kier molecular flexibility index (Phi) is 6.74. The first-order valence-electron chi connectivity index (χ1n) is 14.3. The highest BCUT2D eigenvalue weighted by Gasteiger charge is 2.56. The van der Waals surface area contributed by atoms with Crippen molar-refractivity contribution in [2.75, 3.05) is 31.7 Å². The number of benzene rings is 1. The number of morpholine rings is 1. The van der Waals surface area contributed by atoms with E-state index in [2.05, 4.69) is 51.7 Å². The van der Waals surface area contributed by atoms with Gasteiger partial charge in [0.2, 0.25) is 0 Å². The van der Waals surface area contributed by atoms with E-state index in [4.69, 9.17) is 9.47 Å². The van der Waals surface area contributed by atoms with Crippen molar-refractivity contribution in [3.05, 3.63) is 23.3 Å². The molecule has 0 radical (unpaired) electrons. The molecule has 6 unspecified atom stereocenters. The monoisotopic (exact) mass is 481 g/mol. The minimum Gasteiger partial charge on any atom is -0.495 e. The van der Waals surface area contributed by atoms with Gasteiger partial charge >= 0.3 is 0 Å². The molecule has 4 aliphatic rings. The van der Waals surface area contributed by atoms with Crippen molar-refractivity contribution in [1.29, 1.82) is 0 Å². The number of methoxy groups -OCH3 is 1. The lowest BCUT2D eigenvalue weighted by Crippen LogP contribution is -2.46. The van der Waals surface area contributed by atoms with E-state index >= 15 is 0 Å². The predicted octanol–water partition coefficient (Wildman–Crippen LogP) is 6.79. The van der Waals surface area contributed by atoms with E-state index in [9.17, 15) is 4.79 Å². The highest BCUT2D eigenvalue weighted by atomic mass is 16.5. The molecule has 1 aliphatic heterocycles. The third-order valence-electron chi connectivity index (χ3n) is 10.6. The average molecular weight is 482 g/mol. The lowest BCUT2D eigenvalue weighted by Gasteiger charge is -2.52. The van der Waals surface area contributed by atoms with E-state index < -0.39 is 0 Å². The number of nitrogens with zero attached hydrogens (tertiary/aromatic N) is 1. The van der Waals surface area contributed by atoms with Gasteiger partial charge in [-0.15, -0.1) is 0 Å². The van der Waals surface area contributed by atoms with Gasteiger partial charge in [-0.25, -0.2) is 0 Å². The first kappa shape index (κ1) is 25.1. The Labute approximate surface area is 213 Å². The number of carbonyl (C=O) groups is 1. The van der Waals surface area contributed by atoms with E-state index in [-0.39, 0.29) is 11.5 Å². The summed E-state index contributed by atoms with van der Waals surface area (Å²) in [4.78, 5) is 15.5. The zero-order valence-electron chi connectivity index (χ0n) is 23.0. The van der Waals surface area contributed by atoms with Gasteiger partial charge in [0.25, 0.3) is 0 Å². The van der Waals surface area contributed by atoms with Gasteiger partial charge in [0.15, 0.2) is 0 Å². The van der Waals surface area contributed by atoms with Crippen molar-refractivity contribution in [3.8, 4) is 5.75 Å². The Morgan fingerprint density at radius 3 is 2.77 bits per heavy atom. The Balaban J connectivity index is 1.53. The summed E-state index contributed by atoms with van der Waals surface area (Å²) in [6.07, 6.45) is 9.24. The van der Waals surface area contributed by atoms with Crippen molar-refractivity contribution in [1.82, 2.24) is 0 Å². The Morgan fingerprint density at radius 2 is 2.06 bits per heavy atom. The molecule has 6 atom stereocenters. The first-order valence-corrected chi connectivity index (χ1v) is 14.3. The van der Waals surface area contributed by atoms with Gasteiger partial charge in [-0.3, -0.25) is 4.79 Å².